The molecule has 0 atom stereocenters. The van der Waals surface area contributed by atoms with Crippen molar-refractivity contribution in [3.8, 4) is 0 Å². The van der Waals surface area contributed by atoms with Crippen LogP contribution in [0.2, 0.25) is 0 Å². The highest BCUT2D eigenvalue weighted by Crippen LogP contribution is 1.49. The molecule has 0 spiro atoms. The van der Waals surface area contributed by atoms with E-state index in [1.165, 1.54) is 6.20 Å². The number of rotatable bonds is 0. The third-order valence-corrected chi connectivity index (χ3v) is 0.617. The van der Waals surface area contributed by atoms with Gasteiger partial charge in [-0.15, -0.1) is 0 Å². The summed E-state index contributed by atoms with van der Waals surface area (Å²) in [6.07, 6.45) is 1.41. The molecule has 2 radical (unpaired) electrons. The van der Waals surface area contributed by atoms with Gasteiger partial charge in [-0.05, 0) is 5.59 Å². The highest BCUT2D eigenvalue weighted by atomic mass is 16.1. The molecule has 1 heterocycles. The van der Waals surface area contributed by atoms with Crippen molar-refractivity contribution in [1.29, 1.82) is 0 Å². The van der Waals surface area contributed by atoms with Gasteiger partial charge in [0.1, 0.15) is 7.85 Å². The number of imidazole rings is 1. The maximum atomic E-state index is 10.1. The van der Waals surface area contributed by atoms with Gasteiger partial charge in [0.15, 0.2) is 0 Å². The largest absolute Gasteiger partial charge is 0.322 e. The van der Waals surface area contributed by atoms with Gasteiger partial charge >= 0.3 is 5.69 Å². The van der Waals surface area contributed by atoms with Crippen molar-refractivity contribution in [3.63, 3.8) is 0 Å². The fourth-order valence-corrected chi connectivity index (χ4v) is 0.347. The molecular weight excluding hydrogens is 90.9 g/mol. The zero-order chi connectivity index (χ0) is 5.28. The summed E-state index contributed by atoms with van der Waals surface area (Å²) in [4.78, 5) is 14.7. The van der Waals surface area contributed by atoms with Crippen LogP contribution in [0.3, 0.4) is 0 Å². The molecule has 2 N–H and O–H groups in total. The molecule has 0 bridgehead atoms. The Morgan fingerprint density at radius 2 is 2.43 bits per heavy atom. The molecule has 1 rings (SSSR count). The average Bonchev–Trinajstić information content (AvgIpc) is 1.87. The summed E-state index contributed by atoms with van der Waals surface area (Å²) in [5.41, 5.74) is 0.0995. The second-order valence-corrected chi connectivity index (χ2v) is 1.20. The van der Waals surface area contributed by atoms with Crippen LogP contribution < -0.4 is 11.3 Å². The van der Waals surface area contributed by atoms with Crippen molar-refractivity contribution in [2.45, 2.75) is 0 Å². The molecule has 1 aromatic heterocycles. The van der Waals surface area contributed by atoms with E-state index >= 15 is 0 Å². The first kappa shape index (κ1) is 4.24. The summed E-state index contributed by atoms with van der Waals surface area (Å²) in [7, 11) is 5.09. The van der Waals surface area contributed by atoms with Crippen molar-refractivity contribution in [3.05, 3.63) is 16.7 Å². The third kappa shape index (κ3) is 0.736. The normalized spacial score (nSPS) is 9.14. The van der Waals surface area contributed by atoms with E-state index in [9.17, 15) is 4.79 Å². The van der Waals surface area contributed by atoms with Gasteiger partial charge in [-0.25, -0.2) is 4.79 Å². The Kier molecular flexibility index (Phi) is 0.783. The minimum absolute atomic E-state index is 0.266. The van der Waals surface area contributed by atoms with Crippen LogP contribution in [-0.2, 0) is 0 Å². The number of hydrogen-bond acceptors (Lipinski definition) is 1. The van der Waals surface area contributed by atoms with Gasteiger partial charge in [0, 0.05) is 6.20 Å². The average molecular weight is 93.9 g/mol. The maximum Gasteiger partial charge on any atom is 0.322 e. The van der Waals surface area contributed by atoms with Crippen LogP contribution in [0, 0.1) is 0 Å². The first-order chi connectivity index (χ1) is 3.29. The first-order valence-electron chi connectivity index (χ1n) is 1.82. The molecule has 0 amide bonds. The SMILES string of the molecule is [B]c1c[nH]c(=O)[nH]1. The molecule has 34 valence electrons. The number of H-pyrrole nitrogens is 2. The van der Waals surface area contributed by atoms with Gasteiger partial charge in [0.05, 0.1) is 0 Å². The highest BCUT2D eigenvalue weighted by molar-refractivity contribution is 6.30. The van der Waals surface area contributed by atoms with E-state index in [2.05, 4.69) is 9.97 Å². The summed E-state index contributed by atoms with van der Waals surface area (Å²) < 4.78 is 0. The third-order valence-electron chi connectivity index (χ3n) is 0.617. The molecule has 0 fully saturated rings. The lowest BCUT2D eigenvalue weighted by atomic mass is 10.1. The Hall–Kier alpha value is -0.925. The van der Waals surface area contributed by atoms with Gasteiger partial charge in [-0.3, -0.25) is 0 Å². The van der Waals surface area contributed by atoms with Crippen LogP contribution in [0.1, 0.15) is 0 Å². The quantitative estimate of drug-likeness (QED) is 0.377. The Morgan fingerprint density at radius 3 is 2.57 bits per heavy atom. The van der Waals surface area contributed by atoms with E-state index in [-0.39, 0.29) is 5.69 Å². The molecule has 0 saturated heterocycles. The molecular formula is C3H3BN2O. The van der Waals surface area contributed by atoms with Crippen molar-refractivity contribution < 1.29 is 0 Å². The second-order valence-electron chi connectivity index (χ2n) is 1.20. The van der Waals surface area contributed by atoms with E-state index in [0.717, 1.165) is 0 Å². The molecule has 7 heavy (non-hydrogen) atoms. The van der Waals surface area contributed by atoms with Crippen LogP contribution in [0.5, 0.6) is 0 Å². The summed E-state index contributed by atoms with van der Waals surface area (Å²) >= 11 is 0. The summed E-state index contributed by atoms with van der Waals surface area (Å²) in [6, 6.07) is 0. The maximum absolute atomic E-state index is 10.1. The number of aromatic amines is 2. The van der Waals surface area contributed by atoms with E-state index in [4.69, 9.17) is 7.85 Å². The lowest BCUT2D eigenvalue weighted by Gasteiger charge is -1.67. The molecule has 0 saturated carbocycles. The van der Waals surface area contributed by atoms with Gasteiger partial charge < -0.3 is 9.97 Å². The topological polar surface area (TPSA) is 48.6 Å². The van der Waals surface area contributed by atoms with Crippen LogP contribution in [0.4, 0.5) is 0 Å². The van der Waals surface area contributed by atoms with E-state index < -0.39 is 0 Å². The Morgan fingerprint density at radius 1 is 1.71 bits per heavy atom. The van der Waals surface area contributed by atoms with Crippen molar-refractivity contribution in [2.75, 3.05) is 0 Å². The van der Waals surface area contributed by atoms with Crippen LogP contribution in [0.15, 0.2) is 11.0 Å². The molecule has 0 aromatic carbocycles. The van der Waals surface area contributed by atoms with Crippen LogP contribution >= 0.6 is 0 Å². The van der Waals surface area contributed by atoms with E-state index in [1.54, 1.807) is 0 Å². The van der Waals surface area contributed by atoms with Gasteiger partial charge in [-0.2, -0.15) is 0 Å². The molecule has 0 aliphatic carbocycles. The number of nitrogens with one attached hydrogen (secondary N) is 2. The Balaban J connectivity index is 3.30. The van der Waals surface area contributed by atoms with E-state index in [1.807, 2.05) is 0 Å². The molecule has 0 aliphatic rings. The molecule has 0 aliphatic heterocycles. The highest BCUT2D eigenvalue weighted by Gasteiger charge is 1.80. The zero-order valence-corrected chi connectivity index (χ0v) is 3.56. The van der Waals surface area contributed by atoms with Crippen LogP contribution in [0.25, 0.3) is 0 Å². The Labute approximate surface area is 41.2 Å². The van der Waals surface area contributed by atoms with Crippen molar-refractivity contribution in [1.82, 2.24) is 9.97 Å². The lowest BCUT2D eigenvalue weighted by molar-refractivity contribution is 1.20. The Bertz CT molecular complexity index is 201. The minimum atomic E-state index is -0.266. The molecule has 4 heteroatoms. The summed E-state index contributed by atoms with van der Waals surface area (Å²) in [5.74, 6) is 0. The second kappa shape index (κ2) is 1.29. The lowest BCUT2D eigenvalue weighted by Crippen LogP contribution is -2.08. The number of aromatic nitrogens is 2. The smallest absolute Gasteiger partial charge is 0.320 e. The predicted molar refractivity (Wildman–Crippen MR) is 26.8 cm³/mol. The standard InChI is InChI=1S/C3H3BN2O/c4-2-1-5-3(7)6-2/h1H,(H2,5,6,7). The molecule has 0 unspecified atom stereocenters. The summed E-state index contributed by atoms with van der Waals surface area (Å²) in [6.45, 7) is 0. The predicted octanol–water partition coefficient (Wildman–Crippen LogP) is -1.50. The van der Waals surface area contributed by atoms with Crippen molar-refractivity contribution in [2.24, 2.45) is 0 Å². The van der Waals surface area contributed by atoms with Crippen molar-refractivity contribution >= 4 is 13.4 Å². The van der Waals surface area contributed by atoms with Crippen LogP contribution in [-0.4, -0.2) is 17.8 Å². The molecule has 1 aromatic rings. The zero-order valence-electron chi connectivity index (χ0n) is 3.56. The van der Waals surface area contributed by atoms with E-state index in [0.29, 0.717) is 5.59 Å². The first-order valence-corrected chi connectivity index (χ1v) is 1.82. The van der Waals surface area contributed by atoms with Gasteiger partial charge in [0.2, 0.25) is 0 Å². The van der Waals surface area contributed by atoms with Gasteiger partial charge in [-0.1, -0.05) is 0 Å². The summed E-state index contributed by atoms with van der Waals surface area (Å²) in [5, 5.41) is 0. The minimum Gasteiger partial charge on any atom is -0.320 e. The monoisotopic (exact) mass is 94.0 g/mol. The fraction of sp³-hybridized carbons (Fsp3) is 0. The number of hydrogen-bond donors (Lipinski definition) is 2. The fourth-order valence-electron chi connectivity index (χ4n) is 0.347. The molecule has 3 nitrogen and oxygen atoms in total. The van der Waals surface area contributed by atoms with Gasteiger partial charge in [0.25, 0.3) is 0 Å².